The van der Waals surface area contributed by atoms with Crippen LogP contribution in [-0.4, -0.2) is 47.7 Å². The normalized spacial score (nSPS) is 28.4. The van der Waals surface area contributed by atoms with E-state index in [9.17, 15) is 14.7 Å². The van der Waals surface area contributed by atoms with Gasteiger partial charge in [-0.25, -0.2) is 4.79 Å². The molecule has 80 valence electrons. The Kier molecular flexibility index (Phi) is 4.03. The lowest BCUT2D eigenvalue weighted by Gasteiger charge is -2.34. The highest BCUT2D eigenvalue weighted by Crippen LogP contribution is 2.17. The molecule has 0 aliphatic carbocycles. The molecule has 1 heterocycles. The zero-order chi connectivity index (χ0) is 10.6. The second-order valence-corrected chi connectivity index (χ2v) is 3.37. The lowest BCUT2D eigenvalue weighted by Crippen LogP contribution is -2.49. The fraction of sp³-hybridized carbons (Fsp3) is 0.778. The van der Waals surface area contributed by atoms with Crippen molar-refractivity contribution in [3.8, 4) is 0 Å². The zero-order valence-corrected chi connectivity index (χ0v) is 8.18. The van der Waals surface area contributed by atoms with Gasteiger partial charge in [-0.3, -0.25) is 9.69 Å². The molecular weight excluding hydrogens is 186 g/mol. The summed E-state index contributed by atoms with van der Waals surface area (Å²) in [6.07, 6.45) is 0.742. The van der Waals surface area contributed by atoms with Crippen LogP contribution < -0.4 is 0 Å². The number of esters is 1. The maximum Gasteiger partial charge on any atom is 0.330 e. The molecule has 0 aromatic rings. The predicted molar refractivity (Wildman–Crippen MR) is 48.4 cm³/mol. The Morgan fingerprint density at radius 1 is 1.64 bits per heavy atom. The third kappa shape index (κ3) is 2.52. The summed E-state index contributed by atoms with van der Waals surface area (Å²) in [4.78, 5) is 23.1. The van der Waals surface area contributed by atoms with Crippen LogP contribution in [0.3, 0.4) is 0 Å². The van der Waals surface area contributed by atoms with Crippen molar-refractivity contribution in [1.29, 1.82) is 0 Å². The Bertz CT molecular complexity index is 219. The number of ether oxygens (including phenoxy) is 1. The number of rotatable bonds is 3. The van der Waals surface area contributed by atoms with E-state index in [1.807, 2.05) is 11.8 Å². The first-order chi connectivity index (χ1) is 6.69. The van der Waals surface area contributed by atoms with Gasteiger partial charge in [-0.2, -0.15) is 0 Å². The third-order valence-electron chi connectivity index (χ3n) is 2.50. The quantitative estimate of drug-likeness (QED) is 0.380. The number of hydrogen-bond donors (Lipinski definition) is 1. The molecule has 0 radical (unpaired) electrons. The average molecular weight is 201 g/mol. The van der Waals surface area contributed by atoms with Gasteiger partial charge in [0.1, 0.15) is 6.04 Å². The van der Waals surface area contributed by atoms with E-state index in [2.05, 4.69) is 4.74 Å². The first kappa shape index (κ1) is 11.1. The number of likely N-dealkylation sites (tertiary alicyclic amines) is 1. The average Bonchev–Trinajstić information content (AvgIpc) is 2.17. The molecule has 1 rings (SSSR count). The third-order valence-corrected chi connectivity index (χ3v) is 2.50. The minimum absolute atomic E-state index is 0.154. The second-order valence-electron chi connectivity index (χ2n) is 3.37. The second kappa shape index (κ2) is 5.07. The van der Waals surface area contributed by atoms with Gasteiger partial charge < -0.3 is 9.84 Å². The molecule has 0 aromatic carbocycles. The van der Waals surface area contributed by atoms with E-state index in [0.29, 0.717) is 25.9 Å². The number of hydrogen-bond acceptors (Lipinski definition) is 5. The van der Waals surface area contributed by atoms with Gasteiger partial charge in [0.25, 0.3) is 0 Å². The summed E-state index contributed by atoms with van der Waals surface area (Å²) in [5, 5.41) is 9.38. The molecule has 0 aromatic heterocycles. The molecule has 14 heavy (non-hydrogen) atoms. The lowest BCUT2D eigenvalue weighted by molar-refractivity contribution is -0.157. The van der Waals surface area contributed by atoms with Crippen LogP contribution in [0.25, 0.3) is 0 Å². The number of likely N-dealkylation sites (N-methyl/N-ethyl adjacent to an activating group) is 1. The Morgan fingerprint density at radius 2 is 2.36 bits per heavy atom. The van der Waals surface area contributed by atoms with Gasteiger partial charge in [0, 0.05) is 6.54 Å². The van der Waals surface area contributed by atoms with E-state index in [0.717, 1.165) is 0 Å². The molecule has 5 heteroatoms. The lowest BCUT2D eigenvalue weighted by atomic mass is 10.0. The van der Waals surface area contributed by atoms with E-state index >= 15 is 0 Å². The minimum Gasteiger partial charge on any atom is -0.394 e. The van der Waals surface area contributed by atoms with Gasteiger partial charge in [-0.15, -0.1) is 0 Å². The standard InChI is InChI=1S/C9H15NO4/c1-2-10-5-7(12)3-4-8(10)9(13)14-6-11/h6-8,12H,2-5H2,1H3. The molecule has 1 aliphatic rings. The minimum atomic E-state index is -0.520. The topological polar surface area (TPSA) is 66.8 Å². The maximum absolute atomic E-state index is 11.3. The van der Waals surface area contributed by atoms with E-state index in [4.69, 9.17) is 0 Å². The van der Waals surface area contributed by atoms with Crippen molar-refractivity contribution in [3.63, 3.8) is 0 Å². The highest BCUT2D eigenvalue weighted by Gasteiger charge is 2.32. The van der Waals surface area contributed by atoms with Crippen LogP contribution in [0.15, 0.2) is 0 Å². The fourth-order valence-corrected chi connectivity index (χ4v) is 1.76. The van der Waals surface area contributed by atoms with E-state index < -0.39 is 5.97 Å². The summed E-state index contributed by atoms with van der Waals surface area (Å²) in [6.45, 7) is 3.19. The summed E-state index contributed by atoms with van der Waals surface area (Å²) in [6, 6.07) is -0.381. The van der Waals surface area contributed by atoms with E-state index in [1.54, 1.807) is 0 Å². The molecule has 1 N–H and O–H groups in total. The van der Waals surface area contributed by atoms with Crippen molar-refractivity contribution in [2.45, 2.75) is 31.9 Å². The summed E-state index contributed by atoms with van der Waals surface area (Å²) >= 11 is 0. The SMILES string of the molecule is CCN1CC(O)CCC1C(=O)OC=O. The van der Waals surface area contributed by atoms with Crippen LogP contribution in [0.5, 0.6) is 0 Å². The largest absolute Gasteiger partial charge is 0.394 e. The molecule has 0 bridgehead atoms. The van der Waals surface area contributed by atoms with Gasteiger partial charge in [0.15, 0.2) is 0 Å². The number of aliphatic hydroxyl groups is 1. The molecule has 0 saturated carbocycles. The van der Waals surface area contributed by atoms with Gasteiger partial charge in [0.05, 0.1) is 6.10 Å². The Morgan fingerprint density at radius 3 is 2.93 bits per heavy atom. The Hall–Kier alpha value is -0.940. The highest BCUT2D eigenvalue weighted by molar-refractivity contribution is 5.81. The van der Waals surface area contributed by atoms with Crippen LogP contribution >= 0.6 is 0 Å². The van der Waals surface area contributed by atoms with Crippen LogP contribution in [0, 0.1) is 0 Å². The predicted octanol–water partition coefficient (Wildman–Crippen LogP) is -0.469. The summed E-state index contributed by atoms with van der Waals surface area (Å²) < 4.78 is 4.31. The summed E-state index contributed by atoms with van der Waals surface area (Å²) in [7, 11) is 0. The van der Waals surface area contributed by atoms with Crippen LogP contribution in [-0.2, 0) is 14.3 Å². The first-order valence-electron chi connectivity index (χ1n) is 4.75. The molecule has 5 nitrogen and oxygen atoms in total. The van der Waals surface area contributed by atoms with Gasteiger partial charge in [-0.05, 0) is 19.4 Å². The van der Waals surface area contributed by atoms with E-state index in [-0.39, 0.29) is 18.6 Å². The molecule has 2 atom stereocenters. The van der Waals surface area contributed by atoms with Crippen molar-refractivity contribution >= 4 is 12.4 Å². The van der Waals surface area contributed by atoms with Crippen molar-refractivity contribution in [2.24, 2.45) is 0 Å². The first-order valence-corrected chi connectivity index (χ1v) is 4.75. The van der Waals surface area contributed by atoms with E-state index in [1.165, 1.54) is 0 Å². The molecule has 1 saturated heterocycles. The van der Waals surface area contributed by atoms with Crippen molar-refractivity contribution in [1.82, 2.24) is 4.90 Å². The summed E-state index contributed by atoms with van der Waals surface area (Å²) in [5.41, 5.74) is 0. The summed E-state index contributed by atoms with van der Waals surface area (Å²) in [5.74, 6) is -0.520. The highest BCUT2D eigenvalue weighted by atomic mass is 16.6. The maximum atomic E-state index is 11.3. The smallest absolute Gasteiger partial charge is 0.330 e. The zero-order valence-electron chi connectivity index (χ0n) is 8.18. The molecular formula is C9H15NO4. The van der Waals surface area contributed by atoms with Gasteiger partial charge >= 0.3 is 12.4 Å². The number of nitrogens with zero attached hydrogens (tertiary/aromatic N) is 1. The number of carbonyl (C=O) groups excluding carboxylic acids is 2. The molecule has 1 fully saturated rings. The van der Waals surface area contributed by atoms with Crippen molar-refractivity contribution < 1.29 is 19.4 Å². The monoisotopic (exact) mass is 201 g/mol. The molecule has 1 aliphatic heterocycles. The molecule has 0 spiro atoms. The number of β-amino-alcohol motifs (C(OH)–C–C–N with tert-alkyl or cyclic N) is 1. The number of piperidine rings is 1. The number of carbonyl (C=O) groups is 2. The molecule has 2 unspecified atom stereocenters. The fourth-order valence-electron chi connectivity index (χ4n) is 1.76. The van der Waals surface area contributed by atoms with Crippen LogP contribution in [0.4, 0.5) is 0 Å². The van der Waals surface area contributed by atoms with Crippen LogP contribution in [0.1, 0.15) is 19.8 Å². The Labute approximate surface area is 82.6 Å². The van der Waals surface area contributed by atoms with Crippen LogP contribution in [0.2, 0.25) is 0 Å². The van der Waals surface area contributed by atoms with Crippen molar-refractivity contribution in [2.75, 3.05) is 13.1 Å². The number of aliphatic hydroxyl groups excluding tert-OH is 1. The van der Waals surface area contributed by atoms with Gasteiger partial charge in [0.2, 0.25) is 0 Å². The Balaban J connectivity index is 2.57. The van der Waals surface area contributed by atoms with Crippen molar-refractivity contribution in [3.05, 3.63) is 0 Å². The van der Waals surface area contributed by atoms with Gasteiger partial charge in [-0.1, -0.05) is 6.92 Å². The molecule has 0 amide bonds.